The van der Waals surface area contributed by atoms with Crippen LogP contribution in [0.25, 0.3) is 27.8 Å². The van der Waals surface area contributed by atoms with Crippen LogP contribution in [0.5, 0.6) is 5.75 Å². The molecule has 3 aromatic rings. The molecule has 1 saturated carbocycles. The second-order valence-electron chi connectivity index (χ2n) is 13.3. The SMILES string of the molecule is CN(C)[C@H]1C(=O)C(C(N)=O)=C(O)[C@]2(O)C(=O)C3=C(O)c4c(O)c(C(C)(C)C)cc(-c5cnc6ccccc6c5)c4C[C@@H]3C[C@H]12. The van der Waals surface area contributed by atoms with Gasteiger partial charge in [-0.1, -0.05) is 39.0 Å². The number of pyridine rings is 1. The van der Waals surface area contributed by atoms with E-state index in [0.717, 1.165) is 22.0 Å². The Morgan fingerprint density at radius 2 is 1.77 bits per heavy atom. The van der Waals surface area contributed by atoms with Crippen molar-refractivity contribution in [1.29, 1.82) is 0 Å². The summed E-state index contributed by atoms with van der Waals surface area (Å²) in [5.41, 5.74) is 4.63. The Morgan fingerprint density at radius 3 is 2.41 bits per heavy atom. The lowest BCUT2D eigenvalue weighted by Crippen LogP contribution is -2.65. The molecule has 1 aromatic heterocycles. The fraction of sp³-hybridized carbons (Fsp3) is 0.353. The van der Waals surface area contributed by atoms with Gasteiger partial charge in [0.05, 0.1) is 17.1 Å². The molecule has 10 heteroatoms. The van der Waals surface area contributed by atoms with Gasteiger partial charge < -0.3 is 26.2 Å². The van der Waals surface area contributed by atoms with E-state index in [9.17, 15) is 34.8 Å². The largest absolute Gasteiger partial charge is 0.508 e. The third kappa shape index (κ3) is 4.01. The van der Waals surface area contributed by atoms with Gasteiger partial charge in [0, 0.05) is 34.2 Å². The molecule has 3 aliphatic rings. The minimum Gasteiger partial charge on any atom is -0.508 e. The first kappa shape index (κ1) is 29.5. The van der Waals surface area contributed by atoms with Crippen molar-refractivity contribution < 1.29 is 34.8 Å². The molecule has 228 valence electrons. The normalized spacial score (nSPS) is 25.3. The van der Waals surface area contributed by atoms with Crippen molar-refractivity contribution >= 4 is 34.1 Å². The number of phenolic OH excluding ortho intramolecular Hbond substituents is 1. The van der Waals surface area contributed by atoms with Gasteiger partial charge >= 0.3 is 0 Å². The average molecular weight is 598 g/mol. The van der Waals surface area contributed by atoms with Gasteiger partial charge in [0.1, 0.15) is 22.8 Å². The van der Waals surface area contributed by atoms with Gasteiger partial charge in [-0.2, -0.15) is 0 Å². The highest BCUT2D eigenvalue weighted by Gasteiger charge is 2.64. The molecule has 3 aliphatic carbocycles. The zero-order valence-electron chi connectivity index (χ0n) is 25.2. The van der Waals surface area contributed by atoms with Gasteiger partial charge in [0.15, 0.2) is 11.4 Å². The molecular formula is C34H35N3O7. The number of nitrogens with zero attached hydrogens (tertiary/aromatic N) is 2. The van der Waals surface area contributed by atoms with Crippen LogP contribution in [0.1, 0.15) is 43.9 Å². The third-order valence-corrected chi connectivity index (χ3v) is 9.43. The minimum absolute atomic E-state index is 0.0168. The van der Waals surface area contributed by atoms with Crippen LogP contribution in [0.2, 0.25) is 0 Å². The second kappa shape index (κ2) is 9.73. The summed E-state index contributed by atoms with van der Waals surface area (Å²) in [4.78, 5) is 46.0. The molecule has 1 fully saturated rings. The van der Waals surface area contributed by atoms with E-state index < -0.39 is 63.5 Å². The number of rotatable bonds is 3. The zero-order chi connectivity index (χ0) is 32.0. The molecule has 1 heterocycles. The van der Waals surface area contributed by atoms with Gasteiger partial charge in [-0.15, -0.1) is 0 Å². The lowest BCUT2D eigenvalue weighted by Gasteiger charge is -2.50. The highest BCUT2D eigenvalue weighted by molar-refractivity contribution is 6.24. The van der Waals surface area contributed by atoms with Crippen LogP contribution in [0.3, 0.4) is 0 Å². The summed E-state index contributed by atoms with van der Waals surface area (Å²) in [7, 11) is 3.15. The van der Waals surface area contributed by atoms with Gasteiger partial charge in [0.25, 0.3) is 5.91 Å². The molecule has 1 amide bonds. The lowest BCUT2D eigenvalue weighted by molar-refractivity contribution is -0.153. The Hall–Kier alpha value is -4.54. The Kier molecular flexibility index (Phi) is 6.53. The first-order valence-corrected chi connectivity index (χ1v) is 14.5. The summed E-state index contributed by atoms with van der Waals surface area (Å²) in [6, 6.07) is 10.4. The molecular weight excluding hydrogens is 562 g/mol. The van der Waals surface area contributed by atoms with Crippen molar-refractivity contribution in [3.8, 4) is 16.9 Å². The van der Waals surface area contributed by atoms with Crippen LogP contribution in [0.15, 0.2) is 59.5 Å². The van der Waals surface area contributed by atoms with Crippen molar-refractivity contribution in [1.82, 2.24) is 9.88 Å². The van der Waals surface area contributed by atoms with Crippen molar-refractivity contribution in [2.45, 2.75) is 50.7 Å². The van der Waals surface area contributed by atoms with Crippen molar-refractivity contribution in [2.24, 2.45) is 17.6 Å². The van der Waals surface area contributed by atoms with Crippen LogP contribution < -0.4 is 5.73 Å². The van der Waals surface area contributed by atoms with Crippen LogP contribution in [-0.2, 0) is 26.2 Å². The van der Waals surface area contributed by atoms with Crippen molar-refractivity contribution in [3.63, 3.8) is 0 Å². The Labute approximate surface area is 254 Å². The first-order chi connectivity index (χ1) is 20.6. The summed E-state index contributed by atoms with van der Waals surface area (Å²) < 4.78 is 0. The average Bonchev–Trinajstić information content (AvgIpc) is 2.94. The standard InChI is InChI=1S/C34H35N3O7/c1-33(2,3)21-13-18(17-10-15-8-6-7-9-22(15)36-14-17)19-11-16-12-20-26(37(4)5)29(40)25(32(35)43)31(42)34(20,44)30(41)23(16)28(39)24(19)27(21)38/h6-10,13-14,16,20,26,38-39,42,44H,11-12H2,1-5H3,(H2,35,43)/t16-,20-,26-,34-/m1/s1. The summed E-state index contributed by atoms with van der Waals surface area (Å²) in [6.07, 6.45) is 1.94. The number of Topliss-reactive ketones (excluding diaryl/α,β-unsaturated/α-hetero) is 2. The quantitative estimate of drug-likeness (QED) is 0.283. The van der Waals surface area contributed by atoms with E-state index in [1.54, 1.807) is 20.3 Å². The number of para-hydroxylation sites is 1. The van der Waals surface area contributed by atoms with Gasteiger partial charge in [-0.05, 0) is 67.6 Å². The van der Waals surface area contributed by atoms with Crippen LogP contribution >= 0.6 is 0 Å². The van der Waals surface area contributed by atoms with Gasteiger partial charge in [-0.25, -0.2) is 0 Å². The molecule has 4 atom stereocenters. The second-order valence-corrected chi connectivity index (χ2v) is 13.3. The van der Waals surface area contributed by atoms with Gasteiger partial charge in [0.2, 0.25) is 5.78 Å². The fourth-order valence-electron chi connectivity index (χ4n) is 7.36. The van der Waals surface area contributed by atoms with Crippen LogP contribution in [0, 0.1) is 11.8 Å². The first-order valence-electron chi connectivity index (χ1n) is 14.5. The van der Waals surface area contributed by atoms with E-state index in [4.69, 9.17) is 5.73 Å². The number of carbonyl (C=O) groups excluding carboxylic acids is 3. The molecule has 0 bridgehead atoms. The predicted octanol–water partition coefficient (Wildman–Crippen LogP) is 3.48. The van der Waals surface area contributed by atoms with Crippen molar-refractivity contribution in [2.75, 3.05) is 14.1 Å². The molecule has 6 N–H and O–H groups in total. The number of hydrogen-bond donors (Lipinski definition) is 5. The Bertz CT molecular complexity index is 1870. The number of ketones is 2. The summed E-state index contributed by atoms with van der Waals surface area (Å²) in [6.45, 7) is 5.75. The number of fused-ring (bicyclic) bond motifs is 4. The van der Waals surface area contributed by atoms with E-state index in [2.05, 4.69) is 4.98 Å². The summed E-state index contributed by atoms with van der Waals surface area (Å²) in [5.74, 6) is -6.73. The number of benzene rings is 2. The number of aliphatic hydroxyl groups excluding tert-OH is 2. The topological polar surface area (TPSA) is 174 Å². The monoisotopic (exact) mass is 597 g/mol. The van der Waals surface area contributed by atoms with E-state index in [0.29, 0.717) is 11.1 Å². The van der Waals surface area contributed by atoms with E-state index in [1.165, 1.54) is 4.90 Å². The molecule has 0 saturated heterocycles. The van der Waals surface area contributed by atoms with Gasteiger partial charge in [-0.3, -0.25) is 24.3 Å². The maximum Gasteiger partial charge on any atom is 0.255 e. The highest BCUT2D eigenvalue weighted by Crippen LogP contribution is 2.55. The van der Waals surface area contributed by atoms with Crippen LogP contribution in [0.4, 0.5) is 0 Å². The molecule has 0 spiro atoms. The smallest absolute Gasteiger partial charge is 0.255 e. The number of hydrogen-bond acceptors (Lipinski definition) is 9. The number of likely N-dealkylation sites (N-methyl/N-ethyl adjacent to an activating group) is 1. The van der Waals surface area contributed by atoms with E-state index in [1.807, 2.05) is 57.2 Å². The number of nitrogens with two attached hydrogens (primary N) is 1. The lowest BCUT2D eigenvalue weighted by atomic mass is 9.57. The summed E-state index contributed by atoms with van der Waals surface area (Å²) >= 11 is 0. The molecule has 0 radical (unpaired) electrons. The molecule has 44 heavy (non-hydrogen) atoms. The predicted molar refractivity (Wildman–Crippen MR) is 164 cm³/mol. The Morgan fingerprint density at radius 1 is 1.09 bits per heavy atom. The highest BCUT2D eigenvalue weighted by atomic mass is 16.3. The third-order valence-electron chi connectivity index (χ3n) is 9.43. The van der Waals surface area contributed by atoms with Crippen molar-refractivity contribution in [3.05, 3.63) is 76.2 Å². The number of carbonyl (C=O) groups is 3. The maximum atomic E-state index is 14.2. The van der Waals surface area contributed by atoms with E-state index in [-0.39, 0.29) is 29.7 Å². The zero-order valence-corrected chi connectivity index (χ0v) is 25.2. The number of aliphatic hydroxyl groups is 3. The number of amides is 1. The Balaban J connectivity index is 1.63. The molecule has 2 aromatic carbocycles. The molecule has 6 rings (SSSR count). The number of aromatic nitrogens is 1. The fourth-order valence-corrected chi connectivity index (χ4v) is 7.36. The van der Waals surface area contributed by atoms with E-state index >= 15 is 0 Å². The molecule has 0 aliphatic heterocycles. The summed E-state index contributed by atoms with van der Waals surface area (Å²) in [5, 5.41) is 47.4. The number of phenols is 1. The van der Waals surface area contributed by atoms with Crippen LogP contribution in [-0.4, -0.2) is 73.5 Å². The molecule has 0 unspecified atom stereocenters. The number of aromatic hydroxyl groups is 1. The minimum atomic E-state index is -2.69. The number of primary amides is 1. The maximum absolute atomic E-state index is 14.2. The molecule has 10 nitrogen and oxygen atoms in total.